The largest absolute Gasteiger partial charge is 0.494 e. The van der Waals surface area contributed by atoms with E-state index in [0.29, 0.717) is 5.02 Å². The number of imidazole rings is 1. The third-order valence-corrected chi connectivity index (χ3v) is 6.82. The number of nitrogens with zero attached hydrogens (tertiary/aromatic N) is 7. The maximum absolute atomic E-state index is 6.38. The number of rotatable bonds is 4. The van der Waals surface area contributed by atoms with Crippen LogP contribution in [0, 0.1) is 0 Å². The molecule has 1 saturated heterocycles. The summed E-state index contributed by atoms with van der Waals surface area (Å²) in [5, 5.41) is 1.67. The Kier molecular flexibility index (Phi) is 4.63. The molecular weight excluding hydrogens is 410 g/mol. The zero-order valence-corrected chi connectivity index (χ0v) is 17.7. The quantitative estimate of drug-likeness (QED) is 0.492. The van der Waals surface area contributed by atoms with E-state index >= 15 is 0 Å². The highest BCUT2D eigenvalue weighted by Crippen LogP contribution is 2.39. The third kappa shape index (κ3) is 3.05. The van der Waals surface area contributed by atoms with E-state index in [2.05, 4.69) is 31.7 Å². The van der Waals surface area contributed by atoms with E-state index in [1.807, 2.05) is 23.0 Å². The molecule has 150 valence electrons. The number of anilines is 2. The minimum atomic E-state index is 0.707. The number of halogens is 1. The van der Waals surface area contributed by atoms with Gasteiger partial charge in [-0.15, -0.1) is 0 Å². The predicted molar refractivity (Wildman–Crippen MR) is 117 cm³/mol. The summed E-state index contributed by atoms with van der Waals surface area (Å²) in [6.07, 6.45) is 3.46. The summed E-state index contributed by atoms with van der Waals surface area (Å²) < 4.78 is 8.45. The van der Waals surface area contributed by atoms with Crippen molar-refractivity contribution in [1.29, 1.82) is 0 Å². The van der Waals surface area contributed by atoms with Crippen LogP contribution in [0.2, 0.25) is 5.02 Å². The van der Waals surface area contributed by atoms with Crippen LogP contribution in [-0.2, 0) is 6.54 Å². The van der Waals surface area contributed by atoms with E-state index in [9.17, 15) is 0 Å². The lowest BCUT2D eigenvalue weighted by Crippen LogP contribution is -2.46. The highest BCUT2D eigenvalue weighted by atomic mass is 35.5. The molecule has 0 saturated carbocycles. The van der Waals surface area contributed by atoms with Gasteiger partial charge in [-0.05, 0) is 19.1 Å². The van der Waals surface area contributed by atoms with Crippen LogP contribution >= 0.6 is 22.9 Å². The molecule has 0 N–H and O–H groups in total. The first-order valence-electron chi connectivity index (χ1n) is 9.48. The van der Waals surface area contributed by atoms with Gasteiger partial charge in [0.25, 0.3) is 0 Å². The molecule has 1 aliphatic rings. The number of benzene rings is 1. The molecular formula is C19H20ClN7OS. The van der Waals surface area contributed by atoms with E-state index in [0.717, 1.165) is 70.8 Å². The van der Waals surface area contributed by atoms with Crippen LogP contribution in [0.4, 0.5) is 10.9 Å². The molecule has 4 heterocycles. The minimum Gasteiger partial charge on any atom is -0.494 e. The first-order chi connectivity index (χ1) is 14.2. The number of ether oxygens (including phenoxy) is 1. The van der Waals surface area contributed by atoms with Gasteiger partial charge in [-0.1, -0.05) is 22.9 Å². The highest BCUT2D eigenvalue weighted by Gasteiger charge is 2.24. The van der Waals surface area contributed by atoms with Gasteiger partial charge in [-0.3, -0.25) is 0 Å². The molecule has 0 aliphatic carbocycles. The molecule has 0 bridgehead atoms. The van der Waals surface area contributed by atoms with Gasteiger partial charge >= 0.3 is 0 Å². The van der Waals surface area contributed by atoms with Gasteiger partial charge < -0.3 is 19.1 Å². The number of hydrogen-bond acceptors (Lipinski definition) is 8. The SMILES string of the molecule is CCn1cnc2c(N3CCN(c4nc5c(OC)ccc(Cl)c5s4)CC3)ncnc21. The fourth-order valence-corrected chi connectivity index (χ4v) is 4.99. The van der Waals surface area contributed by atoms with E-state index in [-0.39, 0.29) is 0 Å². The maximum atomic E-state index is 6.38. The number of aryl methyl sites for hydroxylation is 1. The molecule has 10 heteroatoms. The second-order valence-electron chi connectivity index (χ2n) is 6.80. The lowest BCUT2D eigenvalue weighted by Gasteiger charge is -2.35. The molecule has 1 fully saturated rings. The van der Waals surface area contributed by atoms with Gasteiger partial charge in [0.2, 0.25) is 0 Å². The van der Waals surface area contributed by atoms with Crippen molar-refractivity contribution in [3.63, 3.8) is 0 Å². The molecule has 1 aliphatic heterocycles. The molecule has 4 aromatic rings. The van der Waals surface area contributed by atoms with Crippen LogP contribution in [-0.4, -0.2) is 57.8 Å². The second kappa shape index (κ2) is 7.31. The predicted octanol–water partition coefficient (Wildman–Crippen LogP) is 3.44. The van der Waals surface area contributed by atoms with Crippen molar-refractivity contribution in [2.24, 2.45) is 0 Å². The standard InChI is InChI=1S/C19H20ClN7OS/c1-3-25-11-23-15-17(25)21-10-22-18(15)26-6-8-27(9-7-26)19-24-14-13(28-2)5-4-12(20)16(14)29-19/h4-5,10-11H,3,6-9H2,1-2H3. The minimum absolute atomic E-state index is 0.707. The second-order valence-corrected chi connectivity index (χ2v) is 8.18. The Morgan fingerprint density at radius 2 is 1.86 bits per heavy atom. The molecule has 0 radical (unpaired) electrons. The number of fused-ring (bicyclic) bond motifs is 2. The first kappa shape index (κ1) is 18.4. The average Bonchev–Trinajstić information content (AvgIpc) is 3.39. The number of methoxy groups -OCH3 is 1. The van der Waals surface area contributed by atoms with Crippen LogP contribution in [0.3, 0.4) is 0 Å². The van der Waals surface area contributed by atoms with Crippen molar-refractivity contribution in [1.82, 2.24) is 24.5 Å². The smallest absolute Gasteiger partial charge is 0.186 e. The Morgan fingerprint density at radius 3 is 2.62 bits per heavy atom. The lowest BCUT2D eigenvalue weighted by molar-refractivity contribution is 0.419. The number of aromatic nitrogens is 5. The summed E-state index contributed by atoms with van der Waals surface area (Å²) in [4.78, 5) is 22.8. The summed E-state index contributed by atoms with van der Waals surface area (Å²) in [5.74, 6) is 1.65. The van der Waals surface area contributed by atoms with Gasteiger partial charge in [0, 0.05) is 32.7 Å². The van der Waals surface area contributed by atoms with Crippen molar-refractivity contribution >= 4 is 55.3 Å². The summed E-state index contributed by atoms with van der Waals surface area (Å²) in [6, 6.07) is 3.72. The van der Waals surface area contributed by atoms with Crippen molar-refractivity contribution in [2.45, 2.75) is 13.5 Å². The fraction of sp³-hybridized carbons (Fsp3) is 0.368. The molecule has 0 spiro atoms. The Labute approximate surface area is 176 Å². The van der Waals surface area contributed by atoms with E-state index in [1.165, 1.54) is 0 Å². The van der Waals surface area contributed by atoms with Gasteiger partial charge in [-0.2, -0.15) is 0 Å². The highest BCUT2D eigenvalue weighted by molar-refractivity contribution is 7.22. The summed E-state index contributed by atoms with van der Waals surface area (Å²) in [5.41, 5.74) is 2.57. The molecule has 0 unspecified atom stereocenters. The summed E-state index contributed by atoms with van der Waals surface area (Å²) in [6.45, 7) is 6.29. The van der Waals surface area contributed by atoms with E-state index < -0.39 is 0 Å². The normalized spacial score (nSPS) is 14.9. The lowest BCUT2D eigenvalue weighted by atomic mass is 10.3. The van der Waals surface area contributed by atoms with Crippen LogP contribution in [0.25, 0.3) is 21.4 Å². The topological polar surface area (TPSA) is 72.2 Å². The molecule has 29 heavy (non-hydrogen) atoms. The van der Waals surface area contributed by atoms with Crippen molar-refractivity contribution in [2.75, 3.05) is 43.1 Å². The van der Waals surface area contributed by atoms with Crippen molar-refractivity contribution in [3.05, 3.63) is 29.8 Å². The Balaban J connectivity index is 1.39. The van der Waals surface area contributed by atoms with Gasteiger partial charge in [0.1, 0.15) is 17.6 Å². The number of piperazine rings is 1. The van der Waals surface area contributed by atoms with Crippen LogP contribution in [0.5, 0.6) is 5.75 Å². The molecule has 0 amide bonds. The zero-order valence-electron chi connectivity index (χ0n) is 16.2. The molecule has 1 aromatic carbocycles. The third-order valence-electron chi connectivity index (χ3n) is 5.24. The van der Waals surface area contributed by atoms with Gasteiger partial charge in [0.05, 0.1) is 23.2 Å². The Morgan fingerprint density at radius 1 is 1.07 bits per heavy atom. The number of thiazole rings is 1. The molecule has 8 nitrogen and oxygen atoms in total. The average molecular weight is 430 g/mol. The first-order valence-corrected chi connectivity index (χ1v) is 10.7. The Bertz CT molecular complexity index is 1180. The summed E-state index contributed by atoms with van der Waals surface area (Å²) in [7, 11) is 1.66. The summed E-state index contributed by atoms with van der Waals surface area (Å²) >= 11 is 7.98. The van der Waals surface area contributed by atoms with E-state index in [1.54, 1.807) is 24.8 Å². The fourth-order valence-electron chi connectivity index (χ4n) is 3.68. The van der Waals surface area contributed by atoms with E-state index in [4.69, 9.17) is 21.3 Å². The van der Waals surface area contributed by atoms with Crippen LogP contribution in [0.15, 0.2) is 24.8 Å². The van der Waals surface area contributed by atoms with Crippen LogP contribution in [0.1, 0.15) is 6.92 Å². The monoisotopic (exact) mass is 429 g/mol. The van der Waals surface area contributed by atoms with Crippen molar-refractivity contribution < 1.29 is 4.74 Å². The van der Waals surface area contributed by atoms with Crippen LogP contribution < -0.4 is 14.5 Å². The van der Waals surface area contributed by atoms with Gasteiger partial charge in [0.15, 0.2) is 22.1 Å². The maximum Gasteiger partial charge on any atom is 0.186 e. The van der Waals surface area contributed by atoms with Crippen molar-refractivity contribution in [3.8, 4) is 5.75 Å². The zero-order chi connectivity index (χ0) is 20.0. The number of hydrogen-bond donors (Lipinski definition) is 0. The Hall–Kier alpha value is -2.65. The van der Waals surface area contributed by atoms with Gasteiger partial charge in [-0.25, -0.2) is 19.9 Å². The molecule has 3 aromatic heterocycles. The molecule has 5 rings (SSSR count). The molecule has 0 atom stereocenters.